The van der Waals surface area contributed by atoms with Crippen LogP contribution in [-0.2, 0) is 28.8 Å². The molecule has 3 atom stereocenters. The maximum Gasteiger partial charge on any atom is 0.326 e. The first-order valence-corrected chi connectivity index (χ1v) is 14.7. The molecule has 12 nitrogen and oxygen atoms in total. The van der Waals surface area contributed by atoms with E-state index in [1.54, 1.807) is 0 Å². The molecule has 0 spiro atoms. The lowest BCUT2D eigenvalue weighted by Crippen LogP contribution is -2.41. The second-order valence-corrected chi connectivity index (χ2v) is 10.7. The highest BCUT2D eigenvalue weighted by atomic mass is 32.2. The molecule has 0 saturated carbocycles. The van der Waals surface area contributed by atoms with Gasteiger partial charge in [-0.3, -0.25) is 24.0 Å². The Morgan fingerprint density at radius 1 is 0.795 bits per heavy atom. The number of carboxylic acid groups (broad SMARTS) is 3. The minimum atomic E-state index is -1.27. The van der Waals surface area contributed by atoms with Gasteiger partial charge >= 0.3 is 17.9 Å². The van der Waals surface area contributed by atoms with Gasteiger partial charge in [-0.1, -0.05) is 58.3 Å². The van der Waals surface area contributed by atoms with Crippen LogP contribution in [0.5, 0.6) is 0 Å². The highest BCUT2D eigenvalue weighted by Crippen LogP contribution is 2.16. The first-order chi connectivity index (χ1) is 18.5. The molecule has 0 heterocycles. The highest BCUT2D eigenvalue weighted by molar-refractivity contribution is 7.99. The van der Waals surface area contributed by atoms with Gasteiger partial charge < -0.3 is 31.7 Å². The number of unbranched alkanes of at least 4 members (excludes halogenated alkanes) is 8. The monoisotopic (exact) mass is 575 g/mol. The van der Waals surface area contributed by atoms with Crippen molar-refractivity contribution in [2.75, 3.05) is 18.1 Å². The molecule has 0 aliphatic rings. The SMILES string of the molecule is CCCCCCCCCCCC(=O)N[C@H](CCC(=O)C[C@H](CSC[C@H](N)C(=O)O)C(=O)NCC(=O)O)C(=O)O. The van der Waals surface area contributed by atoms with Gasteiger partial charge in [0.1, 0.15) is 24.4 Å². The lowest BCUT2D eigenvalue weighted by Gasteiger charge is -2.17. The predicted octanol–water partition coefficient (Wildman–Crippen LogP) is 2.18. The number of nitrogens with one attached hydrogen (secondary N) is 2. The number of carbonyl (C=O) groups is 6. The Bertz CT molecular complexity index is 795. The van der Waals surface area contributed by atoms with E-state index >= 15 is 0 Å². The molecule has 0 unspecified atom stereocenters. The van der Waals surface area contributed by atoms with Crippen molar-refractivity contribution in [3.05, 3.63) is 0 Å². The molecule has 0 aromatic rings. The summed E-state index contributed by atoms with van der Waals surface area (Å²) in [5, 5.41) is 31.8. The summed E-state index contributed by atoms with van der Waals surface area (Å²) in [5.74, 6) is -6.21. The van der Waals surface area contributed by atoms with Gasteiger partial charge in [-0.15, -0.1) is 0 Å². The quantitative estimate of drug-likeness (QED) is 0.0868. The fourth-order valence-corrected chi connectivity index (χ4v) is 4.83. The Morgan fingerprint density at radius 3 is 1.92 bits per heavy atom. The van der Waals surface area contributed by atoms with Gasteiger partial charge in [0.15, 0.2) is 0 Å². The van der Waals surface area contributed by atoms with Crippen LogP contribution in [0, 0.1) is 5.92 Å². The zero-order chi connectivity index (χ0) is 29.6. The van der Waals surface area contributed by atoms with Crippen LogP contribution >= 0.6 is 11.8 Å². The van der Waals surface area contributed by atoms with E-state index in [9.17, 15) is 33.9 Å². The summed E-state index contributed by atoms with van der Waals surface area (Å²) in [7, 11) is 0. The number of hydrogen-bond acceptors (Lipinski definition) is 8. The maximum atomic E-state index is 12.5. The first-order valence-electron chi connectivity index (χ1n) is 13.6. The van der Waals surface area contributed by atoms with Gasteiger partial charge in [-0.05, 0) is 12.8 Å². The van der Waals surface area contributed by atoms with Crippen LogP contribution < -0.4 is 16.4 Å². The van der Waals surface area contributed by atoms with E-state index in [0.29, 0.717) is 6.42 Å². The fraction of sp³-hybridized carbons (Fsp3) is 0.769. The highest BCUT2D eigenvalue weighted by Gasteiger charge is 2.26. The third-order valence-corrected chi connectivity index (χ3v) is 7.28. The largest absolute Gasteiger partial charge is 0.480 e. The van der Waals surface area contributed by atoms with E-state index in [-0.39, 0.29) is 37.2 Å². The topological polar surface area (TPSA) is 213 Å². The number of amides is 2. The summed E-state index contributed by atoms with van der Waals surface area (Å²) in [5.41, 5.74) is 5.44. The van der Waals surface area contributed by atoms with Crippen LogP contribution in [0.4, 0.5) is 0 Å². The molecule has 13 heteroatoms. The molecule has 0 radical (unpaired) electrons. The number of aliphatic carboxylic acids is 3. The Morgan fingerprint density at radius 2 is 1.38 bits per heavy atom. The van der Waals surface area contributed by atoms with E-state index in [1.165, 1.54) is 32.1 Å². The molecule has 0 saturated heterocycles. The van der Waals surface area contributed by atoms with E-state index in [1.807, 2.05) is 0 Å². The van der Waals surface area contributed by atoms with Crippen LogP contribution in [-0.4, -0.2) is 81.0 Å². The number of ketones is 1. The van der Waals surface area contributed by atoms with Crippen molar-refractivity contribution in [3.8, 4) is 0 Å². The molecule has 7 N–H and O–H groups in total. The second-order valence-electron chi connectivity index (χ2n) is 9.61. The average Bonchev–Trinajstić information content (AvgIpc) is 2.87. The van der Waals surface area contributed by atoms with Gasteiger partial charge in [0.25, 0.3) is 0 Å². The van der Waals surface area contributed by atoms with Gasteiger partial charge in [-0.25, -0.2) is 4.79 Å². The van der Waals surface area contributed by atoms with Crippen LogP contribution in [0.25, 0.3) is 0 Å². The number of hydrogen-bond donors (Lipinski definition) is 6. The molecule has 224 valence electrons. The number of Topliss-reactive ketones (excluding diaryl/α,β-unsaturated/α-hetero) is 1. The van der Waals surface area contributed by atoms with Gasteiger partial charge in [0, 0.05) is 30.8 Å². The molecule has 2 amide bonds. The Balaban J connectivity index is 4.61. The molecule has 0 bridgehead atoms. The summed E-state index contributed by atoms with van der Waals surface area (Å²) < 4.78 is 0. The van der Waals surface area contributed by atoms with E-state index in [4.69, 9.17) is 15.9 Å². The van der Waals surface area contributed by atoms with Crippen LogP contribution in [0.1, 0.15) is 90.4 Å². The van der Waals surface area contributed by atoms with Crippen LogP contribution in [0.15, 0.2) is 0 Å². The molecule has 0 fully saturated rings. The Labute approximate surface area is 234 Å². The lowest BCUT2D eigenvalue weighted by atomic mass is 9.99. The summed E-state index contributed by atoms with van der Waals surface area (Å²) >= 11 is 1.04. The summed E-state index contributed by atoms with van der Waals surface area (Å²) in [6, 6.07) is -2.41. The number of thioether (sulfide) groups is 1. The summed E-state index contributed by atoms with van der Waals surface area (Å²) in [4.78, 5) is 70.3. The molecule has 0 rings (SSSR count). The molecule has 0 aliphatic heterocycles. The van der Waals surface area contributed by atoms with Crippen molar-refractivity contribution in [2.45, 2.75) is 102 Å². The van der Waals surface area contributed by atoms with Crippen molar-refractivity contribution >= 4 is 47.3 Å². The maximum absolute atomic E-state index is 12.5. The smallest absolute Gasteiger partial charge is 0.326 e. The predicted molar refractivity (Wildman–Crippen MR) is 147 cm³/mol. The van der Waals surface area contributed by atoms with E-state index in [0.717, 1.165) is 31.0 Å². The minimum absolute atomic E-state index is 0.0156. The number of carboxylic acids is 3. The third-order valence-electron chi connectivity index (χ3n) is 6.04. The zero-order valence-corrected chi connectivity index (χ0v) is 23.6. The number of nitrogens with two attached hydrogens (primary N) is 1. The van der Waals surface area contributed by atoms with E-state index < -0.39 is 60.1 Å². The van der Waals surface area contributed by atoms with Crippen molar-refractivity contribution in [1.82, 2.24) is 10.6 Å². The minimum Gasteiger partial charge on any atom is -0.480 e. The first kappa shape index (κ1) is 36.3. The lowest BCUT2D eigenvalue weighted by molar-refractivity contribution is -0.142. The second kappa shape index (κ2) is 22.2. The van der Waals surface area contributed by atoms with Gasteiger partial charge in [0.2, 0.25) is 11.8 Å². The fourth-order valence-electron chi connectivity index (χ4n) is 3.75. The zero-order valence-electron chi connectivity index (χ0n) is 22.8. The van der Waals surface area contributed by atoms with Gasteiger partial charge in [0.05, 0.1) is 5.92 Å². The third kappa shape index (κ3) is 20.0. The molecular weight excluding hydrogens is 530 g/mol. The average molecular weight is 576 g/mol. The summed E-state index contributed by atoms with van der Waals surface area (Å²) in [6.07, 6.45) is 9.33. The Hall–Kier alpha value is -2.67. The summed E-state index contributed by atoms with van der Waals surface area (Å²) in [6.45, 7) is 1.53. The molecule has 39 heavy (non-hydrogen) atoms. The number of rotatable bonds is 25. The van der Waals surface area contributed by atoms with Crippen molar-refractivity contribution < 1.29 is 44.1 Å². The van der Waals surface area contributed by atoms with Gasteiger partial charge in [-0.2, -0.15) is 11.8 Å². The standard InChI is InChI=1S/C26H45N3O9S/c1-2-3-4-5-6-7-8-9-10-11-22(31)29-21(26(37)38)13-12-19(30)14-18(24(34)28-15-23(32)33)16-39-17-20(27)25(35)36/h18,20-21H,2-17,27H2,1H3,(H,28,34)(H,29,31)(H,32,33)(H,35,36)(H,37,38)/t18-,20+,21-/m1/s1. The van der Waals surface area contributed by atoms with Crippen molar-refractivity contribution in [1.29, 1.82) is 0 Å². The Kier molecular flexibility index (Phi) is 20.7. The normalized spacial score (nSPS) is 13.2. The number of carbonyl (C=O) groups excluding carboxylic acids is 3. The molecule has 0 aliphatic carbocycles. The van der Waals surface area contributed by atoms with Crippen LogP contribution in [0.2, 0.25) is 0 Å². The molecule has 0 aromatic carbocycles. The van der Waals surface area contributed by atoms with E-state index in [2.05, 4.69) is 17.6 Å². The van der Waals surface area contributed by atoms with Crippen molar-refractivity contribution in [3.63, 3.8) is 0 Å². The molecule has 0 aromatic heterocycles. The van der Waals surface area contributed by atoms with Crippen LogP contribution in [0.3, 0.4) is 0 Å². The molecular formula is C26H45N3O9S. The van der Waals surface area contributed by atoms with Crippen molar-refractivity contribution in [2.24, 2.45) is 11.7 Å².